The van der Waals surface area contributed by atoms with E-state index in [1.54, 1.807) is 0 Å². The predicted octanol–water partition coefficient (Wildman–Crippen LogP) is 4.65. The highest BCUT2D eigenvalue weighted by Crippen LogP contribution is 2.39. The van der Waals surface area contributed by atoms with Crippen molar-refractivity contribution in [2.75, 3.05) is 17.7 Å². The molecule has 2 aromatic rings. The van der Waals surface area contributed by atoms with Crippen molar-refractivity contribution in [2.45, 2.75) is 37.0 Å². The Morgan fingerprint density at radius 3 is 2.62 bits per heavy atom. The molecule has 26 heavy (non-hydrogen) atoms. The van der Waals surface area contributed by atoms with Gasteiger partial charge < -0.3 is 14.6 Å². The Kier molecular flexibility index (Phi) is 5.95. The molecule has 1 N–H and O–H groups in total. The highest BCUT2D eigenvalue weighted by atomic mass is 79.9. The van der Waals surface area contributed by atoms with Crippen LogP contribution in [0.2, 0.25) is 0 Å². The third-order valence-corrected chi connectivity index (χ3v) is 6.54. The second-order valence-corrected chi connectivity index (χ2v) is 9.33. The summed E-state index contributed by atoms with van der Waals surface area (Å²) in [5.41, 5.74) is 1.30. The van der Waals surface area contributed by atoms with Crippen molar-refractivity contribution in [3.8, 4) is 5.75 Å². The lowest BCUT2D eigenvalue weighted by Crippen LogP contribution is -2.26. The third-order valence-electron chi connectivity index (χ3n) is 4.55. The van der Waals surface area contributed by atoms with Crippen molar-refractivity contribution in [2.24, 2.45) is 0 Å². The van der Waals surface area contributed by atoms with E-state index in [-0.39, 0.29) is 5.91 Å². The van der Waals surface area contributed by atoms with Gasteiger partial charge in [0, 0.05) is 10.2 Å². The van der Waals surface area contributed by atoms with Crippen LogP contribution in [0.1, 0.15) is 32.3 Å². The van der Waals surface area contributed by atoms with E-state index in [1.165, 1.54) is 0 Å². The number of hydrogen-bond donors (Lipinski definition) is 1. The Labute approximate surface area is 165 Å². The fourth-order valence-electron chi connectivity index (χ4n) is 2.87. The molecule has 1 unspecified atom stereocenters. The van der Waals surface area contributed by atoms with Crippen molar-refractivity contribution in [3.63, 3.8) is 0 Å². The zero-order chi connectivity index (χ0) is 18.7. The number of carbonyl (C=O) groups is 1. The van der Waals surface area contributed by atoms with E-state index in [2.05, 4.69) is 21.2 Å². The van der Waals surface area contributed by atoms with Crippen LogP contribution in [0.25, 0.3) is 0 Å². The Hall–Kier alpha value is -1.50. The summed E-state index contributed by atoms with van der Waals surface area (Å²) < 4.78 is 19.0. The SMILES string of the molecule is CC1(C)C(=O)Nc2ccc(OCCCC[S+]([O-])c3ccc(Br)cc3)cc21. The Balaban J connectivity index is 1.45. The fraction of sp³-hybridized carbons (Fsp3) is 0.350. The van der Waals surface area contributed by atoms with Crippen LogP contribution in [0.15, 0.2) is 51.8 Å². The number of amides is 1. The van der Waals surface area contributed by atoms with Gasteiger partial charge >= 0.3 is 0 Å². The average Bonchev–Trinajstić information content (AvgIpc) is 2.84. The van der Waals surface area contributed by atoms with E-state index in [1.807, 2.05) is 56.3 Å². The minimum atomic E-state index is -0.976. The standard InChI is InChI=1S/C20H22BrNO3S/c1-20(2)17-13-15(7-10-18(17)22-19(20)23)25-11-3-4-12-26(24)16-8-5-14(21)6-9-16/h5-10,13H,3-4,11-12H2,1-2H3,(H,22,23). The lowest BCUT2D eigenvalue weighted by atomic mass is 9.86. The number of rotatable bonds is 7. The molecule has 1 amide bonds. The van der Waals surface area contributed by atoms with E-state index in [4.69, 9.17) is 4.74 Å². The molecule has 4 nitrogen and oxygen atoms in total. The van der Waals surface area contributed by atoms with Gasteiger partial charge in [-0.1, -0.05) is 15.9 Å². The van der Waals surface area contributed by atoms with Gasteiger partial charge in [0.25, 0.3) is 0 Å². The minimum Gasteiger partial charge on any atom is -0.611 e. The van der Waals surface area contributed by atoms with E-state index in [9.17, 15) is 9.35 Å². The van der Waals surface area contributed by atoms with Crippen molar-refractivity contribution < 1.29 is 14.1 Å². The monoisotopic (exact) mass is 435 g/mol. The maximum absolute atomic E-state index is 12.2. The summed E-state index contributed by atoms with van der Waals surface area (Å²) in [6.07, 6.45) is 1.67. The van der Waals surface area contributed by atoms with Crippen LogP contribution >= 0.6 is 15.9 Å². The first-order valence-electron chi connectivity index (χ1n) is 8.60. The lowest BCUT2D eigenvalue weighted by Gasteiger charge is -2.16. The summed E-state index contributed by atoms with van der Waals surface area (Å²) in [5, 5.41) is 2.89. The fourth-order valence-corrected chi connectivity index (χ4v) is 4.28. The Bertz CT molecular complexity index is 792. The molecule has 0 saturated heterocycles. The maximum atomic E-state index is 12.2. The minimum absolute atomic E-state index is 0.0140. The molecule has 3 rings (SSSR count). The molecular weight excluding hydrogens is 414 g/mol. The molecule has 1 heterocycles. The molecule has 0 spiro atoms. The summed E-state index contributed by atoms with van der Waals surface area (Å²) in [4.78, 5) is 12.8. The summed E-state index contributed by atoms with van der Waals surface area (Å²) in [6, 6.07) is 13.3. The van der Waals surface area contributed by atoms with Crippen LogP contribution in [-0.2, 0) is 21.4 Å². The van der Waals surface area contributed by atoms with Crippen LogP contribution in [0.3, 0.4) is 0 Å². The molecule has 0 radical (unpaired) electrons. The number of ether oxygens (including phenoxy) is 1. The molecule has 0 aromatic heterocycles. The van der Waals surface area contributed by atoms with Gasteiger partial charge in [-0.05, 0) is 85.9 Å². The van der Waals surface area contributed by atoms with Gasteiger partial charge in [0.05, 0.1) is 12.0 Å². The number of fused-ring (bicyclic) bond motifs is 1. The molecule has 0 saturated carbocycles. The first-order valence-corrected chi connectivity index (χ1v) is 10.7. The largest absolute Gasteiger partial charge is 0.611 e. The number of carbonyl (C=O) groups excluding carboxylic acids is 1. The quantitative estimate of drug-likeness (QED) is 0.508. The Morgan fingerprint density at radius 2 is 1.88 bits per heavy atom. The van der Waals surface area contributed by atoms with Gasteiger partial charge in [0.15, 0.2) is 4.90 Å². The van der Waals surface area contributed by atoms with Crippen LogP contribution in [0.4, 0.5) is 5.69 Å². The van der Waals surface area contributed by atoms with E-state index >= 15 is 0 Å². The van der Waals surface area contributed by atoms with Crippen molar-refractivity contribution in [1.82, 2.24) is 0 Å². The van der Waals surface area contributed by atoms with Crippen molar-refractivity contribution >= 4 is 38.7 Å². The first-order chi connectivity index (χ1) is 12.4. The summed E-state index contributed by atoms with van der Waals surface area (Å²) >= 11 is 2.40. The van der Waals surface area contributed by atoms with Gasteiger partial charge in [-0.25, -0.2) is 0 Å². The average molecular weight is 436 g/mol. The zero-order valence-corrected chi connectivity index (χ0v) is 17.3. The Morgan fingerprint density at radius 1 is 1.15 bits per heavy atom. The van der Waals surface area contributed by atoms with Crippen LogP contribution in [0, 0.1) is 0 Å². The second kappa shape index (κ2) is 8.03. The molecule has 1 atom stereocenters. The topological polar surface area (TPSA) is 61.4 Å². The smallest absolute Gasteiger partial charge is 0.234 e. The molecule has 0 bridgehead atoms. The number of benzene rings is 2. The van der Waals surface area contributed by atoms with Crippen LogP contribution < -0.4 is 10.1 Å². The highest BCUT2D eigenvalue weighted by molar-refractivity contribution is 9.10. The normalized spacial score (nSPS) is 16.1. The van der Waals surface area contributed by atoms with E-state index in [0.29, 0.717) is 12.4 Å². The second-order valence-electron chi connectivity index (χ2n) is 6.85. The number of halogens is 1. The van der Waals surface area contributed by atoms with Crippen molar-refractivity contribution in [1.29, 1.82) is 0 Å². The summed E-state index contributed by atoms with van der Waals surface area (Å²) in [5.74, 6) is 1.41. The third kappa shape index (κ3) is 4.24. The zero-order valence-electron chi connectivity index (χ0n) is 14.9. The highest BCUT2D eigenvalue weighted by Gasteiger charge is 2.38. The molecular formula is C20H22BrNO3S. The summed E-state index contributed by atoms with van der Waals surface area (Å²) in [6.45, 7) is 4.39. The van der Waals surface area contributed by atoms with E-state index < -0.39 is 16.6 Å². The van der Waals surface area contributed by atoms with E-state index in [0.717, 1.165) is 39.2 Å². The molecule has 0 aliphatic carbocycles. The summed E-state index contributed by atoms with van der Waals surface area (Å²) in [7, 11) is 0. The van der Waals surface area contributed by atoms with Crippen LogP contribution in [0.5, 0.6) is 5.75 Å². The van der Waals surface area contributed by atoms with Crippen molar-refractivity contribution in [3.05, 3.63) is 52.5 Å². The maximum Gasteiger partial charge on any atom is 0.234 e. The molecule has 138 valence electrons. The number of unbranched alkanes of at least 4 members (excludes halogenated alkanes) is 1. The number of nitrogens with one attached hydrogen (secondary N) is 1. The molecule has 6 heteroatoms. The van der Waals surface area contributed by atoms with Gasteiger partial charge in [0.2, 0.25) is 5.91 Å². The first kappa shape index (κ1) is 19.3. The molecule has 0 fully saturated rings. The van der Waals surface area contributed by atoms with Gasteiger partial charge in [0.1, 0.15) is 11.5 Å². The molecule has 1 aliphatic heterocycles. The van der Waals surface area contributed by atoms with Gasteiger partial charge in [-0.3, -0.25) is 4.79 Å². The van der Waals surface area contributed by atoms with Gasteiger partial charge in [-0.2, -0.15) is 0 Å². The molecule has 2 aromatic carbocycles. The lowest BCUT2D eigenvalue weighted by molar-refractivity contribution is -0.119. The number of anilines is 1. The predicted molar refractivity (Wildman–Crippen MR) is 108 cm³/mol. The van der Waals surface area contributed by atoms with Crippen LogP contribution in [-0.4, -0.2) is 22.8 Å². The van der Waals surface area contributed by atoms with Gasteiger partial charge in [-0.15, -0.1) is 0 Å². The molecule has 1 aliphatic rings. The number of hydrogen-bond acceptors (Lipinski definition) is 3.